The maximum Gasteiger partial charge on any atom is 0.335 e. The number of carboxylic acid groups (broad SMARTS) is 1. The lowest BCUT2D eigenvalue weighted by molar-refractivity contribution is -0.115. The summed E-state index contributed by atoms with van der Waals surface area (Å²) in [4.78, 5) is 28.4. The van der Waals surface area contributed by atoms with Crippen molar-refractivity contribution >= 4 is 40.9 Å². The molecule has 0 spiro atoms. The second-order valence-electron chi connectivity index (χ2n) is 6.02. The summed E-state index contributed by atoms with van der Waals surface area (Å²) < 4.78 is 0. The number of aryl methyl sites for hydroxylation is 1. The predicted molar refractivity (Wildman–Crippen MR) is 110 cm³/mol. The van der Waals surface area contributed by atoms with Gasteiger partial charge >= 0.3 is 5.97 Å². The molecule has 0 aliphatic carbocycles. The van der Waals surface area contributed by atoms with Gasteiger partial charge in [-0.2, -0.15) is 5.26 Å². The fourth-order valence-corrected chi connectivity index (χ4v) is 3.65. The molecule has 0 aliphatic rings. The molecule has 1 atom stereocenters. The van der Waals surface area contributed by atoms with E-state index in [4.69, 9.17) is 16.7 Å². The number of rotatable bonds is 8. The van der Waals surface area contributed by atoms with Crippen LogP contribution in [-0.2, 0) is 11.2 Å². The number of carbonyl (C=O) groups excluding carboxylic acids is 1. The van der Waals surface area contributed by atoms with E-state index < -0.39 is 11.2 Å². The number of hydrogen-bond donors (Lipinski definition) is 2. The highest BCUT2D eigenvalue weighted by molar-refractivity contribution is 8.00. The maximum atomic E-state index is 12.7. The van der Waals surface area contributed by atoms with E-state index >= 15 is 0 Å². The van der Waals surface area contributed by atoms with E-state index in [1.165, 1.54) is 30.0 Å². The number of halogens is 1. The van der Waals surface area contributed by atoms with Crippen molar-refractivity contribution in [3.63, 3.8) is 0 Å². The lowest BCUT2D eigenvalue weighted by Gasteiger charge is -2.16. The number of aromatic nitrogens is 1. The Balaban J connectivity index is 2.23. The first-order valence-electron chi connectivity index (χ1n) is 8.79. The summed E-state index contributed by atoms with van der Waals surface area (Å²) >= 11 is 7.30. The number of thioether (sulfide) groups is 1. The number of aromatic carboxylic acids is 1. The SMILES string of the molecule is CCCc1ccc(C#N)c(SC(CC)C(=O)Nc2cc(C(=O)O)ccc2Cl)n1. The lowest BCUT2D eigenvalue weighted by Crippen LogP contribution is -2.25. The first-order chi connectivity index (χ1) is 13.4. The number of pyridine rings is 1. The third-order valence-corrected chi connectivity index (χ3v) is 5.63. The van der Waals surface area contributed by atoms with Crippen LogP contribution >= 0.6 is 23.4 Å². The van der Waals surface area contributed by atoms with E-state index in [0.717, 1.165) is 18.5 Å². The molecule has 0 bridgehead atoms. The molecule has 146 valence electrons. The Labute approximate surface area is 172 Å². The number of benzene rings is 1. The van der Waals surface area contributed by atoms with Crippen LogP contribution in [0.4, 0.5) is 5.69 Å². The molecule has 2 aromatic rings. The zero-order valence-corrected chi connectivity index (χ0v) is 17.1. The molecular formula is C20H20ClN3O3S. The first kappa shape index (κ1) is 21.7. The number of nitrogens with zero attached hydrogens (tertiary/aromatic N) is 2. The van der Waals surface area contributed by atoms with Crippen LogP contribution < -0.4 is 5.32 Å². The summed E-state index contributed by atoms with van der Waals surface area (Å²) in [5.41, 5.74) is 1.55. The normalized spacial score (nSPS) is 11.5. The average molecular weight is 418 g/mol. The Morgan fingerprint density at radius 2 is 2.07 bits per heavy atom. The van der Waals surface area contributed by atoms with E-state index in [-0.39, 0.29) is 22.2 Å². The number of nitriles is 1. The smallest absolute Gasteiger partial charge is 0.335 e. The second kappa shape index (κ2) is 10.1. The van der Waals surface area contributed by atoms with Crippen molar-refractivity contribution in [1.29, 1.82) is 5.26 Å². The zero-order valence-electron chi connectivity index (χ0n) is 15.5. The summed E-state index contributed by atoms with van der Waals surface area (Å²) in [6.07, 6.45) is 2.22. The highest BCUT2D eigenvalue weighted by atomic mass is 35.5. The Hall–Kier alpha value is -2.56. The Kier molecular flexibility index (Phi) is 7.85. The van der Waals surface area contributed by atoms with Crippen LogP contribution in [0.1, 0.15) is 48.3 Å². The molecule has 0 saturated heterocycles. The van der Waals surface area contributed by atoms with Gasteiger partial charge in [-0.3, -0.25) is 4.79 Å². The van der Waals surface area contributed by atoms with E-state index in [1.54, 1.807) is 6.07 Å². The summed E-state index contributed by atoms with van der Waals surface area (Å²) in [6.45, 7) is 3.90. The monoisotopic (exact) mass is 417 g/mol. The number of hydrogen-bond acceptors (Lipinski definition) is 5. The Morgan fingerprint density at radius 3 is 2.68 bits per heavy atom. The van der Waals surface area contributed by atoms with Crippen LogP contribution in [0.5, 0.6) is 0 Å². The quantitative estimate of drug-likeness (QED) is 0.600. The molecule has 6 nitrogen and oxygen atoms in total. The molecule has 0 radical (unpaired) electrons. The molecule has 1 amide bonds. The molecule has 8 heteroatoms. The summed E-state index contributed by atoms with van der Waals surface area (Å²) in [5.74, 6) is -1.44. The summed E-state index contributed by atoms with van der Waals surface area (Å²) in [6, 6.07) is 9.77. The number of amides is 1. The van der Waals surface area contributed by atoms with E-state index in [9.17, 15) is 14.9 Å². The van der Waals surface area contributed by atoms with Crippen molar-refractivity contribution < 1.29 is 14.7 Å². The topological polar surface area (TPSA) is 103 Å². The molecule has 0 aliphatic heterocycles. The van der Waals surface area contributed by atoms with Crippen molar-refractivity contribution in [1.82, 2.24) is 4.98 Å². The molecule has 1 aromatic carbocycles. The lowest BCUT2D eigenvalue weighted by atomic mass is 10.2. The highest BCUT2D eigenvalue weighted by Gasteiger charge is 2.22. The summed E-state index contributed by atoms with van der Waals surface area (Å²) in [5, 5.41) is 21.4. The maximum absolute atomic E-state index is 12.7. The van der Waals surface area contributed by atoms with Crippen LogP contribution in [0.2, 0.25) is 5.02 Å². The van der Waals surface area contributed by atoms with Gasteiger partial charge in [0.1, 0.15) is 11.1 Å². The molecule has 2 N–H and O–H groups in total. The van der Waals surface area contributed by atoms with Gasteiger partial charge in [0.05, 0.1) is 27.1 Å². The van der Waals surface area contributed by atoms with E-state index in [0.29, 0.717) is 17.0 Å². The first-order valence-corrected chi connectivity index (χ1v) is 10.1. The fraction of sp³-hybridized carbons (Fsp3) is 0.300. The minimum absolute atomic E-state index is 0.0288. The van der Waals surface area contributed by atoms with Gasteiger partial charge in [0.2, 0.25) is 5.91 Å². The molecular weight excluding hydrogens is 398 g/mol. The number of carboxylic acids is 1. The van der Waals surface area contributed by atoms with Crippen LogP contribution in [0.3, 0.4) is 0 Å². The largest absolute Gasteiger partial charge is 0.478 e. The van der Waals surface area contributed by atoms with Crippen molar-refractivity contribution in [2.24, 2.45) is 0 Å². The van der Waals surface area contributed by atoms with Gasteiger partial charge in [-0.05, 0) is 43.2 Å². The zero-order chi connectivity index (χ0) is 20.7. The van der Waals surface area contributed by atoms with E-state index in [2.05, 4.69) is 16.4 Å². The van der Waals surface area contributed by atoms with Crippen LogP contribution in [-0.4, -0.2) is 27.2 Å². The third-order valence-electron chi connectivity index (χ3n) is 3.93. The van der Waals surface area contributed by atoms with Crippen LogP contribution in [0.25, 0.3) is 0 Å². The Bertz CT molecular complexity index is 927. The minimum atomic E-state index is -1.11. The van der Waals surface area contributed by atoms with Gasteiger partial charge in [0.15, 0.2) is 0 Å². The molecule has 1 aromatic heterocycles. The minimum Gasteiger partial charge on any atom is -0.478 e. The van der Waals surface area contributed by atoms with Crippen molar-refractivity contribution in [3.8, 4) is 6.07 Å². The van der Waals surface area contributed by atoms with Gasteiger partial charge in [-0.15, -0.1) is 0 Å². The molecule has 28 heavy (non-hydrogen) atoms. The van der Waals surface area contributed by atoms with Gasteiger partial charge in [-0.25, -0.2) is 9.78 Å². The molecule has 0 saturated carbocycles. The molecule has 0 fully saturated rings. The van der Waals surface area contributed by atoms with Gasteiger partial charge in [0.25, 0.3) is 0 Å². The van der Waals surface area contributed by atoms with Crippen LogP contribution in [0.15, 0.2) is 35.4 Å². The predicted octanol–water partition coefficient (Wildman–Crippen LogP) is 4.77. The number of nitrogens with one attached hydrogen (secondary N) is 1. The molecule has 1 heterocycles. The van der Waals surface area contributed by atoms with Gasteiger partial charge < -0.3 is 10.4 Å². The summed E-state index contributed by atoms with van der Waals surface area (Å²) in [7, 11) is 0. The highest BCUT2D eigenvalue weighted by Crippen LogP contribution is 2.30. The number of carbonyl (C=O) groups is 2. The standard InChI is InChI=1S/C20H20ClN3O3S/c1-3-5-14-8-6-13(11-22)19(23-14)28-17(4-2)18(25)24-16-10-12(20(26)27)7-9-15(16)21/h6-10,17H,3-5H2,1-2H3,(H,24,25)(H,26,27). The van der Waals surface area contributed by atoms with E-state index in [1.807, 2.05) is 19.9 Å². The second-order valence-corrected chi connectivity index (χ2v) is 7.62. The molecule has 2 rings (SSSR count). The van der Waals surface area contributed by atoms with Crippen molar-refractivity contribution in [2.75, 3.05) is 5.32 Å². The fourth-order valence-electron chi connectivity index (χ4n) is 2.47. The number of anilines is 1. The third kappa shape index (κ3) is 5.47. The van der Waals surface area contributed by atoms with Gasteiger partial charge in [0, 0.05) is 5.69 Å². The van der Waals surface area contributed by atoms with Crippen LogP contribution in [0, 0.1) is 11.3 Å². The van der Waals surface area contributed by atoms with Crippen molar-refractivity contribution in [2.45, 2.75) is 43.4 Å². The Morgan fingerprint density at radius 1 is 1.32 bits per heavy atom. The average Bonchev–Trinajstić information content (AvgIpc) is 2.67. The molecule has 1 unspecified atom stereocenters. The van der Waals surface area contributed by atoms with Crippen molar-refractivity contribution in [3.05, 3.63) is 52.2 Å². The van der Waals surface area contributed by atoms with Gasteiger partial charge in [-0.1, -0.05) is 43.6 Å².